The molecule has 1 fully saturated rings. The number of rotatable bonds is 5. The van der Waals surface area contributed by atoms with Gasteiger partial charge in [0.05, 0.1) is 4.90 Å². The van der Waals surface area contributed by atoms with Crippen molar-refractivity contribution >= 4 is 43.5 Å². The van der Waals surface area contributed by atoms with Crippen LogP contribution in [0.25, 0.3) is 0 Å². The Bertz CT molecular complexity index is 1020. The molecule has 0 atom stereocenters. The molecule has 0 radical (unpaired) electrons. The van der Waals surface area contributed by atoms with E-state index in [1.165, 1.54) is 16.4 Å². The molecule has 0 bridgehead atoms. The number of sulfonamides is 1. The van der Waals surface area contributed by atoms with Gasteiger partial charge in [0, 0.05) is 48.3 Å². The molecule has 1 aliphatic heterocycles. The van der Waals surface area contributed by atoms with E-state index in [0.717, 1.165) is 4.47 Å². The largest absolute Gasteiger partial charge is 0.340 e. The minimum absolute atomic E-state index is 0.0215. The van der Waals surface area contributed by atoms with E-state index in [-0.39, 0.29) is 29.5 Å². The van der Waals surface area contributed by atoms with Crippen LogP contribution >= 0.6 is 15.9 Å². The van der Waals surface area contributed by atoms with Crippen LogP contribution in [0.15, 0.2) is 57.9 Å². The summed E-state index contributed by atoms with van der Waals surface area (Å²) in [6.07, 6.45) is 0.405. The van der Waals surface area contributed by atoms with E-state index in [1.807, 2.05) is 6.07 Å². The molecule has 1 saturated heterocycles. The molecule has 0 spiro atoms. The van der Waals surface area contributed by atoms with Crippen molar-refractivity contribution in [3.05, 3.63) is 58.6 Å². The second-order valence-electron chi connectivity index (χ2n) is 6.63. The lowest BCUT2D eigenvalue weighted by Gasteiger charge is -2.33. The Labute approximate surface area is 178 Å². The highest BCUT2D eigenvalue weighted by Gasteiger charge is 2.30. The molecule has 0 aliphatic carbocycles. The smallest absolute Gasteiger partial charge is 0.255 e. The van der Waals surface area contributed by atoms with Gasteiger partial charge in [0.25, 0.3) is 5.91 Å². The van der Waals surface area contributed by atoms with Gasteiger partial charge in [-0.05, 0) is 36.4 Å². The number of amides is 2. The Morgan fingerprint density at radius 2 is 1.72 bits per heavy atom. The summed E-state index contributed by atoms with van der Waals surface area (Å²) >= 11 is 3.35. The zero-order valence-electron chi connectivity index (χ0n) is 16.0. The summed E-state index contributed by atoms with van der Waals surface area (Å²) in [5.41, 5.74) is 0.861. The first-order valence-electron chi connectivity index (χ1n) is 9.26. The van der Waals surface area contributed by atoms with E-state index < -0.39 is 15.9 Å². The number of nitrogens with one attached hydrogen (secondary N) is 1. The van der Waals surface area contributed by atoms with Gasteiger partial charge in [0.2, 0.25) is 15.9 Å². The molecule has 29 heavy (non-hydrogen) atoms. The summed E-state index contributed by atoms with van der Waals surface area (Å²) in [5, 5.41) is 2.76. The molecule has 154 valence electrons. The van der Waals surface area contributed by atoms with Crippen LogP contribution in [0.3, 0.4) is 0 Å². The lowest BCUT2D eigenvalue weighted by atomic mass is 10.2. The Kier molecular flexibility index (Phi) is 6.71. The number of piperazine rings is 1. The highest BCUT2D eigenvalue weighted by Crippen LogP contribution is 2.21. The Balaban J connectivity index is 1.74. The van der Waals surface area contributed by atoms with E-state index in [9.17, 15) is 18.0 Å². The lowest BCUT2D eigenvalue weighted by Crippen LogP contribution is -2.50. The van der Waals surface area contributed by atoms with Gasteiger partial charge in [-0.15, -0.1) is 0 Å². The Morgan fingerprint density at radius 1 is 1.03 bits per heavy atom. The van der Waals surface area contributed by atoms with Crippen LogP contribution in [0.1, 0.15) is 23.7 Å². The third kappa shape index (κ3) is 5.04. The van der Waals surface area contributed by atoms with Gasteiger partial charge in [0.15, 0.2) is 0 Å². The van der Waals surface area contributed by atoms with Crippen molar-refractivity contribution in [3.8, 4) is 0 Å². The number of hydrogen-bond donors (Lipinski definition) is 1. The average Bonchev–Trinajstić information content (AvgIpc) is 2.73. The van der Waals surface area contributed by atoms with E-state index in [4.69, 9.17) is 0 Å². The molecule has 0 saturated carbocycles. The van der Waals surface area contributed by atoms with Gasteiger partial charge in [-0.2, -0.15) is 4.31 Å². The summed E-state index contributed by atoms with van der Waals surface area (Å²) in [5.74, 6) is -0.369. The second-order valence-corrected chi connectivity index (χ2v) is 9.48. The quantitative estimate of drug-likeness (QED) is 0.713. The van der Waals surface area contributed by atoms with Crippen LogP contribution in [-0.2, 0) is 14.8 Å². The second kappa shape index (κ2) is 9.06. The van der Waals surface area contributed by atoms with Crippen molar-refractivity contribution in [3.63, 3.8) is 0 Å². The Hall–Kier alpha value is -2.23. The zero-order valence-corrected chi connectivity index (χ0v) is 18.4. The molecular formula is C20H22BrN3O4S. The Morgan fingerprint density at radius 3 is 2.38 bits per heavy atom. The molecule has 1 heterocycles. The predicted molar refractivity (Wildman–Crippen MR) is 114 cm³/mol. The predicted octanol–water partition coefficient (Wildman–Crippen LogP) is 2.94. The summed E-state index contributed by atoms with van der Waals surface area (Å²) in [6, 6.07) is 13.1. The first-order chi connectivity index (χ1) is 13.8. The maximum atomic E-state index is 13.0. The van der Waals surface area contributed by atoms with Crippen molar-refractivity contribution in [2.75, 3.05) is 31.5 Å². The van der Waals surface area contributed by atoms with Gasteiger partial charge in [-0.25, -0.2) is 8.42 Å². The highest BCUT2D eigenvalue weighted by molar-refractivity contribution is 9.10. The van der Waals surface area contributed by atoms with Crippen molar-refractivity contribution in [2.24, 2.45) is 0 Å². The molecule has 1 aliphatic rings. The number of carbonyl (C=O) groups excluding carboxylic acids is 2. The van der Waals surface area contributed by atoms with Crippen LogP contribution in [-0.4, -0.2) is 55.6 Å². The van der Waals surface area contributed by atoms with Crippen molar-refractivity contribution in [1.29, 1.82) is 0 Å². The van der Waals surface area contributed by atoms with Gasteiger partial charge < -0.3 is 10.2 Å². The fourth-order valence-corrected chi connectivity index (χ4v) is 4.99. The fourth-order valence-electron chi connectivity index (χ4n) is 3.12. The van der Waals surface area contributed by atoms with Crippen LogP contribution in [0.4, 0.5) is 5.69 Å². The van der Waals surface area contributed by atoms with E-state index >= 15 is 0 Å². The van der Waals surface area contributed by atoms with Crippen molar-refractivity contribution in [1.82, 2.24) is 9.21 Å². The van der Waals surface area contributed by atoms with Gasteiger partial charge in [-0.3, -0.25) is 9.59 Å². The topological polar surface area (TPSA) is 86.8 Å². The summed E-state index contributed by atoms with van der Waals surface area (Å²) in [6.45, 7) is 3.01. The lowest BCUT2D eigenvalue weighted by molar-refractivity contribution is -0.132. The molecule has 3 rings (SSSR count). The molecule has 0 aromatic heterocycles. The van der Waals surface area contributed by atoms with Gasteiger partial charge in [-0.1, -0.05) is 35.0 Å². The van der Waals surface area contributed by atoms with E-state index in [0.29, 0.717) is 25.2 Å². The monoisotopic (exact) mass is 479 g/mol. The maximum Gasteiger partial charge on any atom is 0.255 e. The number of nitrogens with zero attached hydrogens (tertiary/aromatic N) is 2. The van der Waals surface area contributed by atoms with E-state index in [2.05, 4.69) is 21.2 Å². The third-order valence-corrected chi connectivity index (χ3v) is 7.10. The van der Waals surface area contributed by atoms with Gasteiger partial charge in [0.1, 0.15) is 0 Å². The highest BCUT2D eigenvalue weighted by atomic mass is 79.9. The third-order valence-electron chi connectivity index (χ3n) is 4.71. The standard InChI is InChI=1S/C20H22BrN3O4S/c1-2-19(25)23-9-11-24(12-10-23)29(27,28)18-8-3-5-15(13-18)20(26)22-17-7-4-6-16(21)14-17/h3-8,13-14H,2,9-12H2,1H3,(H,22,26). The molecule has 2 amide bonds. The molecule has 9 heteroatoms. The molecule has 2 aromatic rings. The number of halogens is 1. The first kappa shape index (κ1) is 21.5. The minimum atomic E-state index is -3.75. The summed E-state index contributed by atoms with van der Waals surface area (Å²) in [4.78, 5) is 26.1. The number of hydrogen-bond acceptors (Lipinski definition) is 4. The number of anilines is 1. The normalized spacial score (nSPS) is 15.2. The van der Waals surface area contributed by atoms with Crippen molar-refractivity contribution in [2.45, 2.75) is 18.2 Å². The fraction of sp³-hybridized carbons (Fsp3) is 0.300. The maximum absolute atomic E-state index is 13.0. The number of benzene rings is 2. The molecule has 2 aromatic carbocycles. The summed E-state index contributed by atoms with van der Waals surface area (Å²) in [7, 11) is -3.75. The molecule has 1 N–H and O–H groups in total. The van der Waals surface area contributed by atoms with Crippen LogP contribution in [0, 0.1) is 0 Å². The first-order valence-corrected chi connectivity index (χ1v) is 11.5. The molecular weight excluding hydrogens is 458 g/mol. The minimum Gasteiger partial charge on any atom is -0.340 e. The van der Waals surface area contributed by atoms with Crippen molar-refractivity contribution < 1.29 is 18.0 Å². The average molecular weight is 480 g/mol. The van der Waals surface area contributed by atoms with Gasteiger partial charge >= 0.3 is 0 Å². The van der Waals surface area contributed by atoms with Crippen LogP contribution < -0.4 is 5.32 Å². The van der Waals surface area contributed by atoms with Crippen LogP contribution in [0.5, 0.6) is 0 Å². The van der Waals surface area contributed by atoms with Crippen LogP contribution in [0.2, 0.25) is 0 Å². The number of carbonyl (C=O) groups is 2. The molecule has 0 unspecified atom stereocenters. The SMILES string of the molecule is CCC(=O)N1CCN(S(=O)(=O)c2cccc(C(=O)Nc3cccc(Br)c3)c2)CC1. The van der Waals surface area contributed by atoms with E-state index in [1.54, 1.807) is 42.2 Å². The zero-order chi connectivity index (χ0) is 21.0. The molecule has 7 nitrogen and oxygen atoms in total. The summed E-state index contributed by atoms with van der Waals surface area (Å²) < 4.78 is 28.2.